The lowest BCUT2D eigenvalue weighted by Gasteiger charge is -2.06. The summed E-state index contributed by atoms with van der Waals surface area (Å²) < 4.78 is 1.94. The average molecular weight is 297 g/mol. The van der Waals surface area contributed by atoms with E-state index in [1.54, 1.807) is 6.20 Å². The van der Waals surface area contributed by atoms with Gasteiger partial charge in [0.2, 0.25) is 0 Å². The normalized spacial score (nSPS) is 14.9. The van der Waals surface area contributed by atoms with Crippen molar-refractivity contribution >= 4 is 22.5 Å². The van der Waals surface area contributed by atoms with Crippen LogP contribution in [0.5, 0.6) is 0 Å². The number of H-pyrrole nitrogens is 1. The van der Waals surface area contributed by atoms with Gasteiger partial charge in [-0.25, -0.2) is 9.97 Å². The molecule has 0 aliphatic heterocycles. The van der Waals surface area contributed by atoms with Gasteiger partial charge in [-0.3, -0.25) is 9.78 Å². The molecule has 3 aromatic rings. The maximum Gasteiger partial charge on any atom is 0.160 e. The molecule has 2 N–H and O–H groups in total. The van der Waals surface area contributed by atoms with Gasteiger partial charge in [0.15, 0.2) is 5.82 Å². The molecular weight excluding hydrogens is 278 g/mol. The number of hydrogen-bond acceptors (Lipinski definition) is 5. The SMILES string of the molecule is CC(C)Cn1cc(Nc2nc(C3CC3)nc3cn[nH]c23)cn1. The zero-order valence-corrected chi connectivity index (χ0v) is 12.7. The van der Waals surface area contributed by atoms with Gasteiger partial charge in [-0.05, 0) is 18.8 Å². The topological polar surface area (TPSA) is 84.3 Å². The van der Waals surface area contributed by atoms with E-state index >= 15 is 0 Å². The van der Waals surface area contributed by atoms with E-state index in [1.807, 2.05) is 17.1 Å². The largest absolute Gasteiger partial charge is 0.336 e. The molecule has 114 valence electrons. The fourth-order valence-electron chi connectivity index (χ4n) is 2.51. The van der Waals surface area contributed by atoms with Crippen molar-refractivity contribution in [1.29, 1.82) is 0 Å². The van der Waals surface area contributed by atoms with Gasteiger partial charge in [0, 0.05) is 18.7 Å². The van der Waals surface area contributed by atoms with Crippen LogP contribution in [0, 0.1) is 5.92 Å². The molecule has 1 aliphatic rings. The van der Waals surface area contributed by atoms with Crippen molar-refractivity contribution in [3.63, 3.8) is 0 Å². The van der Waals surface area contributed by atoms with Crippen LogP contribution in [0.3, 0.4) is 0 Å². The fourth-order valence-corrected chi connectivity index (χ4v) is 2.51. The summed E-state index contributed by atoms with van der Waals surface area (Å²) in [6.45, 7) is 5.25. The van der Waals surface area contributed by atoms with Gasteiger partial charge in [0.05, 0.1) is 18.1 Å². The molecule has 3 heterocycles. The zero-order valence-electron chi connectivity index (χ0n) is 12.7. The molecule has 22 heavy (non-hydrogen) atoms. The number of nitrogens with one attached hydrogen (secondary N) is 2. The summed E-state index contributed by atoms with van der Waals surface area (Å²) in [6, 6.07) is 0. The van der Waals surface area contributed by atoms with E-state index in [9.17, 15) is 0 Å². The highest BCUT2D eigenvalue weighted by atomic mass is 15.3. The number of aromatic amines is 1. The van der Waals surface area contributed by atoms with Crippen LogP contribution in [-0.4, -0.2) is 29.9 Å². The first-order valence-electron chi connectivity index (χ1n) is 7.69. The molecule has 4 rings (SSSR count). The van der Waals surface area contributed by atoms with Crippen LogP contribution >= 0.6 is 0 Å². The molecule has 0 aromatic carbocycles. The molecule has 0 atom stereocenters. The molecule has 1 saturated carbocycles. The Hall–Kier alpha value is -2.44. The average Bonchev–Trinajstić information content (AvgIpc) is 3.06. The monoisotopic (exact) mass is 297 g/mol. The van der Waals surface area contributed by atoms with Crippen molar-refractivity contribution in [1.82, 2.24) is 29.9 Å². The smallest absolute Gasteiger partial charge is 0.160 e. The Kier molecular flexibility index (Phi) is 3.06. The first-order chi connectivity index (χ1) is 10.7. The first kappa shape index (κ1) is 13.2. The maximum absolute atomic E-state index is 4.67. The first-order valence-corrected chi connectivity index (χ1v) is 7.69. The van der Waals surface area contributed by atoms with E-state index in [-0.39, 0.29) is 0 Å². The molecule has 0 spiro atoms. The summed E-state index contributed by atoms with van der Waals surface area (Å²) in [6.07, 6.45) is 7.92. The summed E-state index contributed by atoms with van der Waals surface area (Å²) in [5, 5.41) is 14.8. The Morgan fingerprint density at radius 2 is 2.18 bits per heavy atom. The number of rotatable bonds is 5. The Labute approximate surface area is 128 Å². The van der Waals surface area contributed by atoms with Crippen molar-refractivity contribution in [2.45, 2.75) is 39.2 Å². The predicted molar refractivity (Wildman–Crippen MR) is 84.0 cm³/mol. The van der Waals surface area contributed by atoms with Crippen molar-refractivity contribution in [2.24, 2.45) is 5.92 Å². The summed E-state index contributed by atoms with van der Waals surface area (Å²) in [5.74, 6) is 2.75. The van der Waals surface area contributed by atoms with Gasteiger partial charge < -0.3 is 5.32 Å². The standard InChI is InChI=1S/C15H19N7/c1-9(2)7-22-8-11(5-17-22)18-15-13-12(6-16-21-13)19-14(20-15)10-3-4-10/h5-6,8-10H,3-4,7H2,1-2H3,(H,16,21)(H,18,19,20). The van der Waals surface area contributed by atoms with Crippen LogP contribution in [0.1, 0.15) is 38.4 Å². The Morgan fingerprint density at radius 1 is 1.32 bits per heavy atom. The minimum Gasteiger partial charge on any atom is -0.336 e. The van der Waals surface area contributed by atoms with Crippen molar-refractivity contribution in [2.75, 3.05) is 5.32 Å². The molecule has 7 heteroatoms. The second-order valence-corrected chi connectivity index (χ2v) is 6.30. The maximum atomic E-state index is 4.67. The Morgan fingerprint density at radius 3 is 2.95 bits per heavy atom. The lowest BCUT2D eigenvalue weighted by Crippen LogP contribution is -2.04. The number of fused-ring (bicyclic) bond motifs is 1. The molecule has 0 amide bonds. The molecule has 0 unspecified atom stereocenters. The van der Waals surface area contributed by atoms with Crippen LogP contribution in [0.2, 0.25) is 0 Å². The third-order valence-corrected chi connectivity index (χ3v) is 3.71. The lowest BCUT2D eigenvalue weighted by atomic mass is 10.2. The third-order valence-electron chi connectivity index (χ3n) is 3.71. The molecule has 0 saturated heterocycles. The van der Waals surface area contributed by atoms with Gasteiger partial charge in [0.1, 0.15) is 16.9 Å². The molecule has 0 bridgehead atoms. The number of nitrogens with zero attached hydrogens (tertiary/aromatic N) is 5. The van der Waals surface area contributed by atoms with Crippen molar-refractivity contribution in [3.05, 3.63) is 24.4 Å². The van der Waals surface area contributed by atoms with Gasteiger partial charge in [-0.15, -0.1) is 0 Å². The summed E-state index contributed by atoms with van der Waals surface area (Å²) in [5.41, 5.74) is 2.62. The molecule has 7 nitrogen and oxygen atoms in total. The van der Waals surface area contributed by atoms with E-state index in [2.05, 4.69) is 44.4 Å². The van der Waals surface area contributed by atoms with Gasteiger partial charge >= 0.3 is 0 Å². The molecule has 1 fully saturated rings. The van der Waals surface area contributed by atoms with Gasteiger partial charge in [-0.1, -0.05) is 13.8 Å². The molecular formula is C15H19N7. The highest BCUT2D eigenvalue weighted by Gasteiger charge is 2.28. The van der Waals surface area contributed by atoms with Crippen LogP contribution in [-0.2, 0) is 6.54 Å². The molecule has 0 radical (unpaired) electrons. The quantitative estimate of drug-likeness (QED) is 0.756. The van der Waals surface area contributed by atoms with Crippen LogP contribution in [0.25, 0.3) is 11.0 Å². The van der Waals surface area contributed by atoms with Crippen molar-refractivity contribution < 1.29 is 0 Å². The summed E-state index contributed by atoms with van der Waals surface area (Å²) in [7, 11) is 0. The zero-order chi connectivity index (χ0) is 15.1. The Bertz CT molecular complexity index is 797. The van der Waals surface area contributed by atoms with E-state index in [1.165, 1.54) is 12.8 Å². The van der Waals surface area contributed by atoms with Crippen LogP contribution < -0.4 is 5.32 Å². The Balaban J connectivity index is 1.65. The van der Waals surface area contributed by atoms with E-state index in [0.717, 1.165) is 34.9 Å². The molecule has 3 aromatic heterocycles. The van der Waals surface area contributed by atoms with E-state index in [0.29, 0.717) is 11.8 Å². The summed E-state index contributed by atoms with van der Waals surface area (Å²) in [4.78, 5) is 9.25. The predicted octanol–water partition coefficient (Wildman–Crippen LogP) is 2.83. The fraction of sp³-hybridized carbons (Fsp3) is 0.467. The summed E-state index contributed by atoms with van der Waals surface area (Å²) >= 11 is 0. The van der Waals surface area contributed by atoms with Crippen LogP contribution in [0.4, 0.5) is 11.5 Å². The number of aromatic nitrogens is 6. The second-order valence-electron chi connectivity index (χ2n) is 6.30. The number of hydrogen-bond donors (Lipinski definition) is 2. The number of anilines is 2. The van der Waals surface area contributed by atoms with Gasteiger partial charge in [-0.2, -0.15) is 10.2 Å². The van der Waals surface area contributed by atoms with Crippen LogP contribution in [0.15, 0.2) is 18.6 Å². The van der Waals surface area contributed by atoms with E-state index in [4.69, 9.17) is 0 Å². The van der Waals surface area contributed by atoms with Gasteiger partial charge in [0.25, 0.3) is 0 Å². The highest BCUT2D eigenvalue weighted by Crippen LogP contribution is 2.39. The minimum absolute atomic E-state index is 0.503. The second kappa shape index (κ2) is 5.08. The minimum atomic E-state index is 0.503. The third kappa shape index (κ3) is 2.54. The molecule has 1 aliphatic carbocycles. The highest BCUT2D eigenvalue weighted by molar-refractivity contribution is 5.86. The van der Waals surface area contributed by atoms with E-state index < -0.39 is 0 Å². The lowest BCUT2D eigenvalue weighted by molar-refractivity contribution is 0.483. The van der Waals surface area contributed by atoms with Crippen molar-refractivity contribution in [3.8, 4) is 0 Å².